The van der Waals surface area contributed by atoms with E-state index in [0.717, 1.165) is 0 Å². The third kappa shape index (κ3) is 3.44. The second-order valence-electron chi connectivity index (χ2n) is 4.07. The van der Waals surface area contributed by atoms with Crippen LogP contribution in [-0.4, -0.2) is 25.0 Å². The largest absolute Gasteiger partial charge is 0.298 e. The van der Waals surface area contributed by atoms with Gasteiger partial charge in [0.1, 0.15) is 5.78 Å². The van der Waals surface area contributed by atoms with Gasteiger partial charge in [0, 0.05) is 0 Å². The minimum atomic E-state index is -3.41. The van der Waals surface area contributed by atoms with Crippen LogP contribution in [0.5, 0.6) is 0 Å². The highest BCUT2D eigenvalue weighted by atomic mass is 32.2. The molecular weight excluding hydrogens is 190 g/mol. The molecule has 1 atom stereocenters. The molecule has 13 heavy (non-hydrogen) atoms. The van der Waals surface area contributed by atoms with Crippen molar-refractivity contribution in [2.45, 2.75) is 45.4 Å². The Morgan fingerprint density at radius 2 is 1.69 bits per heavy atom. The molecule has 0 aliphatic rings. The predicted molar refractivity (Wildman–Crippen MR) is 52.0 cm³/mol. The highest BCUT2D eigenvalue weighted by Gasteiger charge is 2.30. The summed E-state index contributed by atoms with van der Waals surface area (Å²) in [4.78, 5) is 10.8. The Bertz CT molecular complexity index is 287. The van der Waals surface area contributed by atoms with E-state index in [0.29, 0.717) is 0 Å². The van der Waals surface area contributed by atoms with Gasteiger partial charge in [0.15, 0.2) is 0 Å². The first-order valence-corrected chi connectivity index (χ1v) is 5.58. The molecule has 0 heterocycles. The lowest BCUT2D eigenvalue weighted by Crippen LogP contribution is -2.45. The smallest absolute Gasteiger partial charge is 0.217 e. The molecule has 0 aliphatic carbocycles. The zero-order valence-electron chi connectivity index (χ0n) is 8.71. The highest BCUT2D eigenvalue weighted by Crippen LogP contribution is 2.13. The molecule has 0 fully saturated rings. The molecule has 0 aliphatic heterocycles. The van der Waals surface area contributed by atoms with E-state index >= 15 is 0 Å². The molecule has 0 saturated heterocycles. The van der Waals surface area contributed by atoms with Crippen molar-refractivity contribution in [1.82, 2.24) is 4.72 Å². The van der Waals surface area contributed by atoms with Crippen molar-refractivity contribution >= 4 is 15.8 Å². The van der Waals surface area contributed by atoms with Gasteiger partial charge in [-0.15, -0.1) is 0 Å². The van der Waals surface area contributed by atoms with Gasteiger partial charge < -0.3 is 0 Å². The molecule has 5 heteroatoms. The van der Waals surface area contributed by atoms with Gasteiger partial charge >= 0.3 is 0 Å². The molecule has 0 amide bonds. The Labute approximate surface area is 79.8 Å². The van der Waals surface area contributed by atoms with Crippen LogP contribution in [0.15, 0.2) is 0 Å². The maximum absolute atomic E-state index is 11.5. The summed E-state index contributed by atoms with van der Waals surface area (Å²) in [6.07, 6.45) is 0. The zero-order chi connectivity index (χ0) is 10.9. The Morgan fingerprint density at radius 1 is 1.31 bits per heavy atom. The van der Waals surface area contributed by atoms with Crippen molar-refractivity contribution in [3.8, 4) is 0 Å². The first-order chi connectivity index (χ1) is 5.58. The summed E-state index contributed by atoms with van der Waals surface area (Å²) in [5.41, 5.74) is 0. The average Bonchev–Trinajstić information content (AvgIpc) is 1.83. The van der Waals surface area contributed by atoms with E-state index in [-0.39, 0.29) is 5.78 Å². The number of nitrogens with one attached hydrogen (secondary N) is 1. The minimum Gasteiger partial charge on any atom is -0.298 e. The summed E-state index contributed by atoms with van der Waals surface area (Å²) < 4.78 is 24.4. The van der Waals surface area contributed by atoms with Gasteiger partial charge in [-0.3, -0.25) is 4.79 Å². The molecule has 78 valence electrons. The second-order valence-corrected chi connectivity index (χ2v) is 6.53. The Balaban J connectivity index is 4.64. The van der Waals surface area contributed by atoms with E-state index in [4.69, 9.17) is 0 Å². The van der Waals surface area contributed by atoms with Gasteiger partial charge in [0.2, 0.25) is 10.0 Å². The van der Waals surface area contributed by atoms with Crippen LogP contribution in [0.4, 0.5) is 0 Å². The molecule has 0 bridgehead atoms. The van der Waals surface area contributed by atoms with Crippen LogP contribution in [0, 0.1) is 0 Å². The van der Waals surface area contributed by atoms with Crippen LogP contribution in [0.2, 0.25) is 0 Å². The average molecular weight is 207 g/mol. The van der Waals surface area contributed by atoms with Crippen LogP contribution in [0.25, 0.3) is 0 Å². The van der Waals surface area contributed by atoms with Gasteiger partial charge in [-0.05, 0) is 34.6 Å². The van der Waals surface area contributed by atoms with Crippen molar-refractivity contribution < 1.29 is 13.2 Å². The lowest BCUT2D eigenvalue weighted by Gasteiger charge is -2.21. The fraction of sp³-hybridized carbons (Fsp3) is 0.875. The van der Waals surface area contributed by atoms with Gasteiger partial charge in [-0.25, -0.2) is 13.1 Å². The molecule has 1 N–H and O–H groups in total. The summed E-state index contributed by atoms with van der Waals surface area (Å²) in [7, 11) is -3.41. The normalized spacial score (nSPS) is 15.5. The molecule has 0 saturated carbocycles. The molecule has 0 aromatic heterocycles. The summed E-state index contributed by atoms with van der Waals surface area (Å²) in [5.74, 6) is -0.187. The molecule has 1 unspecified atom stereocenters. The number of ketones is 1. The quantitative estimate of drug-likeness (QED) is 0.740. The van der Waals surface area contributed by atoms with Gasteiger partial charge in [0.25, 0.3) is 0 Å². The number of hydrogen-bond acceptors (Lipinski definition) is 3. The Hall–Kier alpha value is -0.420. The highest BCUT2D eigenvalue weighted by molar-refractivity contribution is 7.90. The Kier molecular flexibility index (Phi) is 3.63. The minimum absolute atomic E-state index is 0.187. The fourth-order valence-electron chi connectivity index (χ4n) is 0.492. The van der Waals surface area contributed by atoms with Crippen LogP contribution in [0.1, 0.15) is 34.6 Å². The molecule has 0 spiro atoms. The lowest BCUT2D eigenvalue weighted by atomic mass is 10.3. The third-order valence-corrected chi connectivity index (χ3v) is 4.02. The maximum Gasteiger partial charge on any atom is 0.217 e. The van der Waals surface area contributed by atoms with Crippen molar-refractivity contribution in [2.24, 2.45) is 0 Å². The summed E-state index contributed by atoms with van der Waals surface area (Å²) in [5, 5.41) is 0. The number of carbonyl (C=O) groups is 1. The topological polar surface area (TPSA) is 63.2 Å². The standard InChI is InChI=1S/C8H17NO3S/c1-6(7(2)10)9-13(11,12)8(3,4)5/h6,9H,1-5H3. The van der Waals surface area contributed by atoms with Gasteiger partial charge in [0.05, 0.1) is 10.8 Å². The van der Waals surface area contributed by atoms with E-state index in [1.807, 2.05) is 0 Å². The second kappa shape index (κ2) is 3.75. The van der Waals surface area contributed by atoms with E-state index in [2.05, 4.69) is 4.72 Å². The van der Waals surface area contributed by atoms with Crippen molar-refractivity contribution in [2.75, 3.05) is 0 Å². The van der Waals surface area contributed by atoms with Crippen molar-refractivity contribution in [3.63, 3.8) is 0 Å². The number of Topliss-reactive ketones (excluding diaryl/α,β-unsaturated/α-hetero) is 1. The van der Waals surface area contributed by atoms with Gasteiger partial charge in [-0.2, -0.15) is 0 Å². The first-order valence-electron chi connectivity index (χ1n) is 4.10. The number of carbonyl (C=O) groups excluding carboxylic acids is 1. The van der Waals surface area contributed by atoms with E-state index in [9.17, 15) is 13.2 Å². The molecular formula is C8H17NO3S. The van der Waals surface area contributed by atoms with E-state index in [1.54, 1.807) is 20.8 Å². The van der Waals surface area contributed by atoms with E-state index in [1.165, 1.54) is 13.8 Å². The Morgan fingerprint density at radius 3 is 1.92 bits per heavy atom. The van der Waals surface area contributed by atoms with Crippen LogP contribution < -0.4 is 4.72 Å². The van der Waals surface area contributed by atoms with E-state index < -0.39 is 20.8 Å². The van der Waals surface area contributed by atoms with Crippen LogP contribution in [0.3, 0.4) is 0 Å². The lowest BCUT2D eigenvalue weighted by molar-refractivity contribution is -0.118. The zero-order valence-corrected chi connectivity index (χ0v) is 9.53. The molecule has 0 aromatic carbocycles. The maximum atomic E-state index is 11.5. The number of hydrogen-bond donors (Lipinski definition) is 1. The fourth-order valence-corrected chi connectivity index (χ4v) is 1.48. The molecule has 0 aromatic rings. The summed E-state index contributed by atoms with van der Waals surface area (Å²) >= 11 is 0. The van der Waals surface area contributed by atoms with Crippen molar-refractivity contribution in [3.05, 3.63) is 0 Å². The molecule has 4 nitrogen and oxygen atoms in total. The SMILES string of the molecule is CC(=O)C(C)NS(=O)(=O)C(C)(C)C. The number of rotatable bonds is 3. The number of sulfonamides is 1. The first kappa shape index (κ1) is 12.6. The van der Waals surface area contributed by atoms with Crippen LogP contribution >= 0.6 is 0 Å². The molecule has 0 radical (unpaired) electrons. The summed E-state index contributed by atoms with van der Waals surface area (Å²) in [6, 6.07) is -0.649. The monoisotopic (exact) mass is 207 g/mol. The van der Waals surface area contributed by atoms with Crippen LogP contribution in [-0.2, 0) is 14.8 Å². The summed E-state index contributed by atoms with van der Waals surface area (Å²) in [6.45, 7) is 7.65. The predicted octanol–water partition coefficient (Wildman–Crippen LogP) is 0.682. The van der Waals surface area contributed by atoms with Gasteiger partial charge in [-0.1, -0.05) is 0 Å². The third-order valence-electron chi connectivity index (χ3n) is 1.75. The van der Waals surface area contributed by atoms with Crippen molar-refractivity contribution in [1.29, 1.82) is 0 Å². The molecule has 0 rings (SSSR count).